The molecular formula is C25H21ClF3N3O3. The predicted molar refractivity (Wildman–Crippen MR) is 126 cm³/mol. The molecule has 0 aliphatic carbocycles. The van der Waals surface area contributed by atoms with Gasteiger partial charge in [-0.25, -0.2) is 4.68 Å². The summed E-state index contributed by atoms with van der Waals surface area (Å²) in [4.78, 5) is 11.6. The van der Waals surface area contributed by atoms with Crippen LogP contribution < -0.4 is 14.8 Å². The number of aromatic nitrogens is 2. The van der Waals surface area contributed by atoms with E-state index in [0.717, 1.165) is 16.6 Å². The molecule has 1 N–H and O–H groups in total. The molecule has 0 aliphatic rings. The molecule has 10 heteroatoms. The standard InChI is InChI=1S/C25H21ClF3N3O3/c1-15(31-24(33)25(27,28)29)23(16-4-3-5-20(12-16)34-2)35-21-10-11-22-17(13-21)14-30-32(22)19-8-6-18(26)7-9-19/h3-15,23H,1-2H3,(H,31,33). The fourth-order valence-corrected chi connectivity index (χ4v) is 3.79. The van der Waals surface area contributed by atoms with Gasteiger partial charge in [-0.1, -0.05) is 23.7 Å². The van der Waals surface area contributed by atoms with Gasteiger partial charge in [0.25, 0.3) is 0 Å². The number of fused-ring (bicyclic) bond motifs is 1. The topological polar surface area (TPSA) is 65.4 Å². The molecule has 4 aromatic rings. The van der Waals surface area contributed by atoms with E-state index >= 15 is 0 Å². The van der Waals surface area contributed by atoms with Crippen LogP contribution in [0.15, 0.2) is 72.9 Å². The molecule has 0 saturated carbocycles. The Kier molecular flexibility index (Phi) is 6.88. The van der Waals surface area contributed by atoms with Crippen molar-refractivity contribution < 1.29 is 27.4 Å². The van der Waals surface area contributed by atoms with E-state index < -0.39 is 24.2 Å². The van der Waals surface area contributed by atoms with E-state index in [9.17, 15) is 18.0 Å². The second-order valence-electron chi connectivity index (χ2n) is 7.83. The van der Waals surface area contributed by atoms with Crippen molar-refractivity contribution in [2.45, 2.75) is 25.2 Å². The maximum Gasteiger partial charge on any atom is 0.471 e. The van der Waals surface area contributed by atoms with Gasteiger partial charge in [-0.3, -0.25) is 4.79 Å². The molecule has 4 rings (SSSR count). The minimum atomic E-state index is -5.01. The van der Waals surface area contributed by atoms with Crippen LogP contribution in [0, 0.1) is 0 Å². The second-order valence-corrected chi connectivity index (χ2v) is 8.26. The summed E-state index contributed by atoms with van der Waals surface area (Å²) in [6, 6.07) is 18.2. The molecule has 0 saturated heterocycles. The summed E-state index contributed by atoms with van der Waals surface area (Å²) in [5.74, 6) is -1.14. The number of methoxy groups -OCH3 is 1. The Bertz CT molecular complexity index is 1340. The van der Waals surface area contributed by atoms with Crippen molar-refractivity contribution in [1.29, 1.82) is 0 Å². The molecule has 6 nitrogen and oxygen atoms in total. The van der Waals surface area contributed by atoms with Gasteiger partial charge in [0.05, 0.1) is 30.6 Å². The largest absolute Gasteiger partial charge is 0.497 e. The number of carbonyl (C=O) groups is 1. The Morgan fingerprint density at radius 2 is 1.80 bits per heavy atom. The summed E-state index contributed by atoms with van der Waals surface area (Å²) in [6.07, 6.45) is -4.28. The lowest BCUT2D eigenvalue weighted by Gasteiger charge is -2.27. The van der Waals surface area contributed by atoms with Crippen molar-refractivity contribution in [2.24, 2.45) is 0 Å². The van der Waals surface area contributed by atoms with Crippen LogP contribution in [0.25, 0.3) is 16.6 Å². The molecule has 1 aromatic heterocycles. The molecule has 0 aliphatic heterocycles. The van der Waals surface area contributed by atoms with E-state index in [1.807, 2.05) is 17.4 Å². The summed E-state index contributed by atoms with van der Waals surface area (Å²) in [6.45, 7) is 1.45. The third kappa shape index (κ3) is 5.51. The van der Waals surface area contributed by atoms with Crippen LogP contribution in [0.1, 0.15) is 18.6 Å². The quantitative estimate of drug-likeness (QED) is 0.342. The first-order valence-electron chi connectivity index (χ1n) is 10.6. The number of benzene rings is 3. The number of hydrogen-bond donors (Lipinski definition) is 1. The SMILES string of the molecule is COc1cccc(C(Oc2ccc3c(cnn3-c3ccc(Cl)cc3)c2)C(C)NC(=O)C(F)(F)F)c1. The number of hydrogen-bond acceptors (Lipinski definition) is 4. The zero-order chi connectivity index (χ0) is 25.2. The lowest BCUT2D eigenvalue weighted by atomic mass is 10.0. The molecule has 0 fully saturated rings. The number of halogens is 4. The highest BCUT2D eigenvalue weighted by Crippen LogP contribution is 2.31. The maximum absolute atomic E-state index is 12.9. The van der Waals surface area contributed by atoms with Gasteiger partial charge >= 0.3 is 12.1 Å². The van der Waals surface area contributed by atoms with Gasteiger partial charge in [-0.15, -0.1) is 0 Å². The van der Waals surface area contributed by atoms with Gasteiger partial charge < -0.3 is 14.8 Å². The third-order valence-corrected chi connectivity index (χ3v) is 5.62. The zero-order valence-corrected chi connectivity index (χ0v) is 19.5. The Morgan fingerprint density at radius 1 is 1.06 bits per heavy atom. The number of carbonyl (C=O) groups excluding carboxylic acids is 1. The smallest absolute Gasteiger partial charge is 0.471 e. The fraction of sp³-hybridized carbons (Fsp3) is 0.200. The second kappa shape index (κ2) is 9.87. The highest BCUT2D eigenvalue weighted by Gasteiger charge is 2.40. The molecule has 1 amide bonds. The summed E-state index contributed by atoms with van der Waals surface area (Å²) in [5.41, 5.74) is 2.16. The van der Waals surface area contributed by atoms with Crippen molar-refractivity contribution in [3.8, 4) is 17.2 Å². The van der Waals surface area contributed by atoms with Crippen LogP contribution >= 0.6 is 11.6 Å². The molecule has 2 unspecified atom stereocenters. The molecule has 1 heterocycles. The normalized spacial score (nSPS) is 13.3. The first-order valence-corrected chi connectivity index (χ1v) is 11.0. The van der Waals surface area contributed by atoms with Gasteiger partial charge in [0.1, 0.15) is 17.6 Å². The van der Waals surface area contributed by atoms with Crippen molar-refractivity contribution in [3.05, 3.63) is 83.5 Å². The van der Waals surface area contributed by atoms with E-state index in [1.165, 1.54) is 14.0 Å². The van der Waals surface area contributed by atoms with E-state index in [-0.39, 0.29) is 0 Å². The minimum absolute atomic E-state index is 0.397. The first kappa shape index (κ1) is 24.4. The summed E-state index contributed by atoms with van der Waals surface area (Å²) >= 11 is 5.97. The van der Waals surface area contributed by atoms with Gasteiger partial charge in [0.15, 0.2) is 0 Å². The number of alkyl halides is 3. The Balaban J connectivity index is 1.65. The van der Waals surface area contributed by atoms with Gasteiger partial charge in [-0.05, 0) is 67.1 Å². The van der Waals surface area contributed by atoms with Crippen molar-refractivity contribution in [3.63, 3.8) is 0 Å². The van der Waals surface area contributed by atoms with E-state index in [0.29, 0.717) is 22.1 Å². The summed E-state index contributed by atoms with van der Waals surface area (Å²) < 4.78 is 51.7. The Labute approximate surface area is 204 Å². The maximum atomic E-state index is 12.9. The van der Waals surface area contributed by atoms with E-state index in [1.54, 1.807) is 65.5 Å². The number of nitrogens with zero attached hydrogens (tertiary/aromatic N) is 2. The van der Waals surface area contributed by atoms with Crippen LogP contribution in [-0.2, 0) is 4.79 Å². The van der Waals surface area contributed by atoms with Gasteiger partial charge in [0, 0.05) is 10.4 Å². The highest BCUT2D eigenvalue weighted by atomic mass is 35.5. The Hall–Kier alpha value is -3.72. The third-order valence-electron chi connectivity index (χ3n) is 5.37. The summed E-state index contributed by atoms with van der Waals surface area (Å²) in [5, 5.41) is 7.77. The van der Waals surface area contributed by atoms with Crippen LogP contribution in [0.3, 0.4) is 0 Å². The van der Waals surface area contributed by atoms with Crippen LogP contribution in [0.5, 0.6) is 11.5 Å². The van der Waals surface area contributed by atoms with E-state index in [2.05, 4.69) is 5.10 Å². The summed E-state index contributed by atoms with van der Waals surface area (Å²) in [7, 11) is 1.48. The molecule has 35 heavy (non-hydrogen) atoms. The molecule has 2 atom stereocenters. The van der Waals surface area contributed by atoms with Crippen LogP contribution in [0.4, 0.5) is 13.2 Å². The number of ether oxygens (including phenoxy) is 2. The molecule has 0 spiro atoms. The molecule has 182 valence electrons. The fourth-order valence-electron chi connectivity index (χ4n) is 3.66. The number of nitrogens with one attached hydrogen (secondary N) is 1. The predicted octanol–water partition coefficient (Wildman–Crippen LogP) is 5.87. The average molecular weight is 504 g/mol. The van der Waals surface area contributed by atoms with Gasteiger partial charge in [0.2, 0.25) is 0 Å². The van der Waals surface area contributed by atoms with Crippen molar-refractivity contribution in [1.82, 2.24) is 15.1 Å². The molecule has 0 bridgehead atoms. The molecule has 0 radical (unpaired) electrons. The van der Waals surface area contributed by atoms with Gasteiger partial charge in [-0.2, -0.15) is 18.3 Å². The van der Waals surface area contributed by atoms with Crippen molar-refractivity contribution >= 4 is 28.4 Å². The lowest BCUT2D eigenvalue weighted by molar-refractivity contribution is -0.174. The zero-order valence-electron chi connectivity index (χ0n) is 18.7. The molecule has 3 aromatic carbocycles. The minimum Gasteiger partial charge on any atom is -0.497 e. The lowest BCUT2D eigenvalue weighted by Crippen LogP contribution is -2.45. The van der Waals surface area contributed by atoms with Crippen molar-refractivity contribution in [2.75, 3.05) is 7.11 Å². The van der Waals surface area contributed by atoms with Crippen LogP contribution in [0.2, 0.25) is 5.02 Å². The number of amides is 1. The highest BCUT2D eigenvalue weighted by molar-refractivity contribution is 6.30. The molecular weight excluding hydrogens is 483 g/mol. The van der Waals surface area contributed by atoms with E-state index in [4.69, 9.17) is 21.1 Å². The first-order chi connectivity index (χ1) is 16.7. The Morgan fingerprint density at radius 3 is 2.49 bits per heavy atom. The van der Waals surface area contributed by atoms with Crippen LogP contribution in [-0.4, -0.2) is 35.0 Å². The average Bonchev–Trinajstić information content (AvgIpc) is 3.25. The number of rotatable bonds is 7. The monoisotopic (exact) mass is 503 g/mol.